The number of nitrogens with two attached hydrogens (primary N) is 1. The van der Waals surface area contributed by atoms with E-state index in [1.165, 1.54) is 18.2 Å². The summed E-state index contributed by atoms with van der Waals surface area (Å²) in [6.45, 7) is 4.54. The van der Waals surface area contributed by atoms with Gasteiger partial charge in [0.25, 0.3) is 5.56 Å². The molecular weight excluding hydrogens is 370 g/mol. The van der Waals surface area contributed by atoms with Gasteiger partial charge in [-0.25, -0.2) is 15.0 Å². The van der Waals surface area contributed by atoms with Crippen LogP contribution in [0.4, 0.5) is 5.82 Å². The van der Waals surface area contributed by atoms with Gasteiger partial charge >= 0.3 is 0 Å². The number of benzene rings is 1. The first-order chi connectivity index (χ1) is 13.5. The van der Waals surface area contributed by atoms with Crippen molar-refractivity contribution in [2.75, 3.05) is 5.73 Å². The number of hydrogen-bond acceptors (Lipinski definition) is 6. The lowest BCUT2D eigenvalue weighted by Gasteiger charge is -2.36. The zero-order valence-electron chi connectivity index (χ0n) is 16.2. The smallest absolute Gasteiger partial charge is 0.262 e. The van der Waals surface area contributed by atoms with Crippen LogP contribution in [0.5, 0.6) is 0 Å². The third-order valence-electron chi connectivity index (χ3n) is 5.83. The van der Waals surface area contributed by atoms with Crippen molar-refractivity contribution in [1.82, 2.24) is 19.5 Å². The van der Waals surface area contributed by atoms with Gasteiger partial charge < -0.3 is 5.73 Å². The number of anilines is 1. The molecule has 2 heterocycles. The van der Waals surface area contributed by atoms with E-state index < -0.39 is 0 Å². The summed E-state index contributed by atoms with van der Waals surface area (Å²) in [5.41, 5.74) is 6.56. The third kappa shape index (κ3) is 3.63. The molecule has 1 aliphatic carbocycles. The molecular formula is C21H25N5OS. The van der Waals surface area contributed by atoms with Crippen LogP contribution in [0, 0.1) is 11.8 Å². The lowest BCUT2D eigenvalue weighted by molar-refractivity contribution is 0.173. The summed E-state index contributed by atoms with van der Waals surface area (Å²) in [6, 6.07) is 9.42. The highest BCUT2D eigenvalue weighted by atomic mass is 32.2. The molecule has 146 valence electrons. The number of thioether (sulfide) groups is 1. The first-order valence-corrected chi connectivity index (χ1v) is 10.7. The number of para-hydroxylation sites is 1. The molecule has 1 aliphatic rings. The minimum Gasteiger partial charge on any atom is -0.384 e. The molecule has 6 nitrogen and oxygen atoms in total. The van der Waals surface area contributed by atoms with Crippen molar-refractivity contribution in [3.8, 4) is 0 Å². The Bertz CT molecular complexity index is 1050. The molecule has 7 heteroatoms. The van der Waals surface area contributed by atoms with Gasteiger partial charge in [0.1, 0.15) is 11.6 Å². The van der Waals surface area contributed by atoms with Crippen molar-refractivity contribution in [3.05, 3.63) is 52.7 Å². The van der Waals surface area contributed by atoms with Crippen LogP contribution in [-0.2, 0) is 5.75 Å². The van der Waals surface area contributed by atoms with Crippen molar-refractivity contribution in [2.45, 2.75) is 50.1 Å². The van der Waals surface area contributed by atoms with Gasteiger partial charge in [-0.15, -0.1) is 0 Å². The Morgan fingerprint density at radius 2 is 2.00 bits per heavy atom. The maximum Gasteiger partial charge on any atom is 0.262 e. The van der Waals surface area contributed by atoms with Crippen LogP contribution in [0.1, 0.15) is 45.0 Å². The molecule has 3 unspecified atom stereocenters. The first kappa shape index (κ1) is 18.9. The predicted octanol–water partition coefficient (Wildman–Crippen LogP) is 4.06. The topological polar surface area (TPSA) is 86.7 Å². The van der Waals surface area contributed by atoms with Crippen LogP contribution in [0.15, 0.2) is 46.5 Å². The number of nitrogen functional groups attached to an aromatic ring is 1. The molecule has 2 aromatic heterocycles. The SMILES string of the molecule is CC1CCCC(n2c(SCc3nccc(N)n3)nc3ccccc3c2=O)C1C. The normalized spacial score (nSPS) is 22.4. The monoisotopic (exact) mass is 395 g/mol. The zero-order valence-corrected chi connectivity index (χ0v) is 17.0. The van der Waals surface area contributed by atoms with Crippen molar-refractivity contribution in [2.24, 2.45) is 11.8 Å². The lowest BCUT2D eigenvalue weighted by Crippen LogP contribution is -2.35. The second kappa shape index (κ2) is 7.91. The summed E-state index contributed by atoms with van der Waals surface area (Å²) in [5, 5.41) is 1.41. The fourth-order valence-electron chi connectivity index (χ4n) is 4.05. The summed E-state index contributed by atoms with van der Waals surface area (Å²) in [5.74, 6) is 2.63. The van der Waals surface area contributed by atoms with Crippen molar-refractivity contribution in [3.63, 3.8) is 0 Å². The Kier molecular flexibility index (Phi) is 5.35. The van der Waals surface area contributed by atoms with Gasteiger partial charge in [-0.2, -0.15) is 0 Å². The number of hydrogen-bond donors (Lipinski definition) is 1. The second-order valence-corrected chi connectivity index (χ2v) is 8.55. The van der Waals surface area contributed by atoms with E-state index in [0.29, 0.717) is 34.6 Å². The molecule has 3 atom stereocenters. The molecule has 4 rings (SSSR count). The average molecular weight is 396 g/mol. The molecule has 0 radical (unpaired) electrons. The van der Waals surface area contributed by atoms with Crippen LogP contribution < -0.4 is 11.3 Å². The van der Waals surface area contributed by atoms with E-state index in [1.807, 2.05) is 28.8 Å². The zero-order chi connectivity index (χ0) is 19.7. The standard InChI is InChI=1S/C21H25N5OS/c1-13-6-5-9-17(14(13)2)26-20(27)15-7-3-4-8-16(15)24-21(26)28-12-19-23-11-10-18(22)25-19/h3-4,7-8,10-11,13-14,17H,5-6,9,12H2,1-2H3,(H2,22,23,25). The van der Waals surface area contributed by atoms with Crippen molar-refractivity contribution < 1.29 is 0 Å². The molecule has 0 aliphatic heterocycles. The Balaban J connectivity index is 1.78. The fraction of sp³-hybridized carbons (Fsp3) is 0.429. The highest BCUT2D eigenvalue weighted by Crippen LogP contribution is 2.39. The first-order valence-electron chi connectivity index (χ1n) is 9.76. The Labute approximate surface area is 168 Å². The minimum absolute atomic E-state index is 0.0487. The van der Waals surface area contributed by atoms with Gasteiger partial charge in [-0.1, -0.05) is 50.6 Å². The van der Waals surface area contributed by atoms with E-state index in [9.17, 15) is 4.79 Å². The third-order valence-corrected chi connectivity index (χ3v) is 6.78. The average Bonchev–Trinajstić information content (AvgIpc) is 2.69. The lowest BCUT2D eigenvalue weighted by atomic mass is 9.78. The van der Waals surface area contributed by atoms with Crippen molar-refractivity contribution >= 4 is 28.5 Å². The Hall–Kier alpha value is -2.41. The quantitative estimate of drug-likeness (QED) is 0.529. The van der Waals surface area contributed by atoms with E-state index in [1.54, 1.807) is 12.3 Å². The minimum atomic E-state index is 0.0487. The maximum absolute atomic E-state index is 13.4. The predicted molar refractivity (Wildman–Crippen MR) is 113 cm³/mol. The summed E-state index contributed by atoms with van der Waals surface area (Å²) < 4.78 is 1.93. The summed E-state index contributed by atoms with van der Waals surface area (Å²) in [7, 11) is 0. The highest BCUT2D eigenvalue weighted by molar-refractivity contribution is 7.98. The number of fused-ring (bicyclic) bond motifs is 1. The second-order valence-electron chi connectivity index (χ2n) is 7.61. The molecule has 3 aromatic rings. The van der Waals surface area contributed by atoms with Crippen LogP contribution in [0.2, 0.25) is 0 Å². The largest absolute Gasteiger partial charge is 0.384 e. The van der Waals surface area contributed by atoms with E-state index in [4.69, 9.17) is 10.7 Å². The van der Waals surface area contributed by atoms with Crippen molar-refractivity contribution in [1.29, 1.82) is 0 Å². The van der Waals surface area contributed by atoms with E-state index in [0.717, 1.165) is 23.5 Å². The van der Waals surface area contributed by atoms with Gasteiger partial charge in [0.05, 0.1) is 16.7 Å². The summed E-state index contributed by atoms with van der Waals surface area (Å²) in [4.78, 5) is 26.8. The molecule has 1 saturated carbocycles. The molecule has 0 amide bonds. The van der Waals surface area contributed by atoms with Gasteiger partial charge in [0, 0.05) is 12.2 Å². The van der Waals surface area contributed by atoms with Crippen LogP contribution in [-0.4, -0.2) is 19.5 Å². The molecule has 0 bridgehead atoms. The van der Waals surface area contributed by atoms with Gasteiger partial charge in [-0.3, -0.25) is 9.36 Å². The number of aromatic nitrogens is 4. The fourth-order valence-corrected chi connectivity index (χ4v) is 4.97. The van der Waals surface area contributed by atoms with Gasteiger partial charge in [0.15, 0.2) is 5.16 Å². The van der Waals surface area contributed by atoms with Gasteiger partial charge in [-0.05, 0) is 36.5 Å². The molecule has 2 N–H and O–H groups in total. The molecule has 28 heavy (non-hydrogen) atoms. The maximum atomic E-state index is 13.4. The van der Waals surface area contributed by atoms with Crippen LogP contribution in [0.25, 0.3) is 10.9 Å². The highest BCUT2D eigenvalue weighted by Gasteiger charge is 2.31. The van der Waals surface area contributed by atoms with E-state index in [-0.39, 0.29) is 11.6 Å². The number of nitrogens with zero attached hydrogens (tertiary/aromatic N) is 4. The molecule has 0 spiro atoms. The Morgan fingerprint density at radius 1 is 1.18 bits per heavy atom. The molecule has 1 aromatic carbocycles. The van der Waals surface area contributed by atoms with Gasteiger partial charge in [0.2, 0.25) is 0 Å². The van der Waals surface area contributed by atoms with Crippen LogP contribution >= 0.6 is 11.8 Å². The van der Waals surface area contributed by atoms with Crippen LogP contribution in [0.3, 0.4) is 0 Å². The number of rotatable bonds is 4. The molecule has 0 saturated heterocycles. The Morgan fingerprint density at radius 3 is 2.82 bits per heavy atom. The van der Waals surface area contributed by atoms with E-state index >= 15 is 0 Å². The van der Waals surface area contributed by atoms with E-state index in [2.05, 4.69) is 23.8 Å². The summed E-state index contributed by atoms with van der Waals surface area (Å²) in [6.07, 6.45) is 5.02. The molecule has 1 fully saturated rings. The summed E-state index contributed by atoms with van der Waals surface area (Å²) >= 11 is 1.51.